The van der Waals surface area contributed by atoms with Crippen molar-refractivity contribution in [3.05, 3.63) is 11.6 Å². The molecule has 1 heterocycles. The zero-order valence-corrected chi connectivity index (χ0v) is 8.84. The molecule has 0 aromatic rings. The van der Waals surface area contributed by atoms with Gasteiger partial charge in [-0.1, -0.05) is 18.6 Å². The zero-order chi connectivity index (χ0) is 10.1. The lowest BCUT2D eigenvalue weighted by Gasteiger charge is -2.31. The maximum absolute atomic E-state index is 11.1. The Morgan fingerprint density at radius 1 is 1.50 bits per heavy atom. The molecule has 3 heteroatoms. The van der Waals surface area contributed by atoms with E-state index in [2.05, 4.69) is 30.6 Å². The Bertz CT molecular complexity index is 272. The van der Waals surface area contributed by atoms with Crippen molar-refractivity contribution in [1.82, 2.24) is 10.6 Å². The molecule has 1 fully saturated rings. The van der Waals surface area contributed by atoms with Crippen LogP contribution in [0.3, 0.4) is 0 Å². The standard InChI is InChI=1S/C11H18N2O/c1-7-3-4-9(8(2)5-7)11-12-6-10(14)13-11/h5,8-9,11-12H,3-4,6H2,1-2H3,(H,13,14). The van der Waals surface area contributed by atoms with Gasteiger partial charge in [-0.15, -0.1) is 0 Å². The summed E-state index contributed by atoms with van der Waals surface area (Å²) >= 11 is 0. The highest BCUT2D eigenvalue weighted by Gasteiger charge is 2.32. The van der Waals surface area contributed by atoms with Gasteiger partial charge in [-0.25, -0.2) is 0 Å². The minimum Gasteiger partial charge on any atom is -0.339 e. The minimum atomic E-state index is 0.133. The zero-order valence-electron chi connectivity index (χ0n) is 8.84. The van der Waals surface area contributed by atoms with Crippen molar-refractivity contribution < 1.29 is 4.79 Å². The molecule has 1 aliphatic carbocycles. The van der Waals surface area contributed by atoms with Gasteiger partial charge in [0.1, 0.15) is 0 Å². The van der Waals surface area contributed by atoms with E-state index in [1.807, 2.05) is 0 Å². The van der Waals surface area contributed by atoms with Crippen LogP contribution in [0.5, 0.6) is 0 Å². The predicted octanol–water partition coefficient (Wildman–Crippen LogP) is 1.02. The van der Waals surface area contributed by atoms with Gasteiger partial charge < -0.3 is 5.32 Å². The van der Waals surface area contributed by atoms with E-state index >= 15 is 0 Å². The predicted molar refractivity (Wildman–Crippen MR) is 55.6 cm³/mol. The van der Waals surface area contributed by atoms with Gasteiger partial charge in [0.2, 0.25) is 5.91 Å². The number of rotatable bonds is 1. The highest BCUT2D eigenvalue weighted by molar-refractivity contribution is 5.80. The van der Waals surface area contributed by atoms with Crippen LogP contribution in [0, 0.1) is 11.8 Å². The largest absolute Gasteiger partial charge is 0.339 e. The Balaban J connectivity index is 2.02. The summed E-state index contributed by atoms with van der Waals surface area (Å²) in [5.74, 6) is 1.26. The third-order valence-electron chi connectivity index (χ3n) is 3.32. The van der Waals surface area contributed by atoms with E-state index in [9.17, 15) is 4.79 Å². The van der Waals surface area contributed by atoms with Gasteiger partial charge in [0.05, 0.1) is 12.7 Å². The van der Waals surface area contributed by atoms with Crippen molar-refractivity contribution in [1.29, 1.82) is 0 Å². The van der Waals surface area contributed by atoms with Crippen molar-refractivity contribution in [2.75, 3.05) is 6.54 Å². The minimum absolute atomic E-state index is 0.133. The van der Waals surface area contributed by atoms with Crippen molar-refractivity contribution in [3.8, 4) is 0 Å². The van der Waals surface area contributed by atoms with Gasteiger partial charge >= 0.3 is 0 Å². The number of hydrogen-bond donors (Lipinski definition) is 2. The Labute approximate surface area is 84.9 Å². The summed E-state index contributed by atoms with van der Waals surface area (Å²) in [6, 6.07) is 0. The van der Waals surface area contributed by atoms with E-state index in [1.54, 1.807) is 0 Å². The molecule has 0 bridgehead atoms. The first-order chi connectivity index (χ1) is 6.66. The number of carbonyl (C=O) groups is 1. The molecule has 2 aliphatic rings. The summed E-state index contributed by atoms with van der Waals surface area (Å²) < 4.78 is 0. The average Bonchev–Trinajstić information content (AvgIpc) is 2.51. The van der Waals surface area contributed by atoms with Crippen molar-refractivity contribution in [2.24, 2.45) is 11.8 Å². The summed E-state index contributed by atoms with van der Waals surface area (Å²) in [6.45, 7) is 4.91. The van der Waals surface area contributed by atoms with Crippen LogP contribution in [0.1, 0.15) is 26.7 Å². The van der Waals surface area contributed by atoms with Gasteiger partial charge in [0.15, 0.2) is 0 Å². The molecule has 0 aromatic carbocycles. The third-order valence-corrected chi connectivity index (χ3v) is 3.32. The highest BCUT2D eigenvalue weighted by Crippen LogP contribution is 2.30. The molecule has 0 saturated carbocycles. The normalized spacial score (nSPS) is 38.0. The first-order valence-corrected chi connectivity index (χ1v) is 5.37. The number of allylic oxidation sites excluding steroid dienone is 2. The quantitative estimate of drug-likeness (QED) is 0.612. The van der Waals surface area contributed by atoms with Crippen molar-refractivity contribution in [2.45, 2.75) is 32.9 Å². The molecule has 2 N–H and O–H groups in total. The first-order valence-electron chi connectivity index (χ1n) is 5.37. The Morgan fingerprint density at radius 3 is 2.86 bits per heavy atom. The summed E-state index contributed by atoms with van der Waals surface area (Å²) in [7, 11) is 0. The second kappa shape index (κ2) is 3.73. The van der Waals surface area contributed by atoms with Crippen LogP contribution in [0.25, 0.3) is 0 Å². The Hall–Kier alpha value is -0.830. The molecule has 2 rings (SSSR count). The summed E-state index contributed by atoms with van der Waals surface area (Å²) in [6.07, 6.45) is 4.88. The fourth-order valence-corrected chi connectivity index (χ4v) is 2.52. The lowest BCUT2D eigenvalue weighted by molar-refractivity contribution is -0.118. The SMILES string of the molecule is CC1=CC(C)C(C2NCC(=O)N2)CC1. The summed E-state index contributed by atoms with van der Waals surface area (Å²) in [4.78, 5) is 11.1. The smallest absolute Gasteiger partial charge is 0.235 e. The maximum Gasteiger partial charge on any atom is 0.235 e. The molecule has 14 heavy (non-hydrogen) atoms. The second-order valence-electron chi connectivity index (χ2n) is 4.50. The Kier molecular flexibility index (Phi) is 2.59. The molecule has 0 aromatic heterocycles. The van der Waals surface area contributed by atoms with Gasteiger partial charge in [-0.05, 0) is 31.6 Å². The lowest BCUT2D eigenvalue weighted by Crippen LogP contribution is -2.43. The molecule has 78 valence electrons. The monoisotopic (exact) mass is 194 g/mol. The molecule has 3 atom stereocenters. The molecule has 1 aliphatic heterocycles. The van der Waals surface area contributed by atoms with E-state index in [-0.39, 0.29) is 12.1 Å². The molecular weight excluding hydrogens is 176 g/mol. The van der Waals surface area contributed by atoms with Crippen LogP contribution >= 0.6 is 0 Å². The third kappa shape index (κ3) is 1.82. The van der Waals surface area contributed by atoms with Crippen LogP contribution in [0.4, 0.5) is 0 Å². The van der Waals surface area contributed by atoms with Crippen LogP contribution < -0.4 is 10.6 Å². The lowest BCUT2D eigenvalue weighted by atomic mass is 9.80. The second-order valence-corrected chi connectivity index (χ2v) is 4.50. The number of hydrogen-bond acceptors (Lipinski definition) is 2. The molecule has 0 spiro atoms. The molecule has 3 nitrogen and oxygen atoms in total. The van der Waals surface area contributed by atoms with Crippen LogP contribution in [0.2, 0.25) is 0 Å². The van der Waals surface area contributed by atoms with Gasteiger partial charge in [0.25, 0.3) is 0 Å². The molecule has 3 unspecified atom stereocenters. The fraction of sp³-hybridized carbons (Fsp3) is 0.727. The molecule has 1 saturated heterocycles. The molecule has 0 radical (unpaired) electrons. The van der Waals surface area contributed by atoms with E-state index in [0.29, 0.717) is 18.4 Å². The maximum atomic E-state index is 11.1. The molecule has 1 amide bonds. The average molecular weight is 194 g/mol. The number of carbonyl (C=O) groups excluding carboxylic acids is 1. The highest BCUT2D eigenvalue weighted by atomic mass is 16.2. The van der Waals surface area contributed by atoms with E-state index in [0.717, 1.165) is 0 Å². The van der Waals surface area contributed by atoms with Gasteiger partial charge in [-0.3, -0.25) is 10.1 Å². The summed E-state index contributed by atoms with van der Waals surface area (Å²) in [5, 5.41) is 6.22. The van der Waals surface area contributed by atoms with E-state index in [1.165, 1.54) is 18.4 Å². The van der Waals surface area contributed by atoms with Crippen LogP contribution in [-0.2, 0) is 4.79 Å². The summed E-state index contributed by atoms with van der Waals surface area (Å²) in [5.41, 5.74) is 1.48. The van der Waals surface area contributed by atoms with Crippen molar-refractivity contribution >= 4 is 5.91 Å². The van der Waals surface area contributed by atoms with Crippen molar-refractivity contribution in [3.63, 3.8) is 0 Å². The Morgan fingerprint density at radius 2 is 2.29 bits per heavy atom. The van der Waals surface area contributed by atoms with Gasteiger partial charge in [0, 0.05) is 0 Å². The van der Waals surface area contributed by atoms with Gasteiger partial charge in [-0.2, -0.15) is 0 Å². The number of nitrogens with one attached hydrogen (secondary N) is 2. The van der Waals surface area contributed by atoms with E-state index < -0.39 is 0 Å². The van der Waals surface area contributed by atoms with Crippen LogP contribution in [0.15, 0.2) is 11.6 Å². The molecular formula is C11H18N2O. The number of amides is 1. The first kappa shape index (κ1) is 9.71. The topological polar surface area (TPSA) is 41.1 Å². The van der Waals surface area contributed by atoms with E-state index in [4.69, 9.17) is 0 Å². The fourth-order valence-electron chi connectivity index (χ4n) is 2.52. The van der Waals surface area contributed by atoms with Crippen LogP contribution in [-0.4, -0.2) is 18.6 Å².